The van der Waals surface area contributed by atoms with Crippen molar-refractivity contribution in [1.29, 1.82) is 0 Å². The van der Waals surface area contributed by atoms with Gasteiger partial charge in [0.15, 0.2) is 0 Å². The van der Waals surface area contributed by atoms with Crippen molar-refractivity contribution in [2.75, 3.05) is 11.9 Å². The van der Waals surface area contributed by atoms with Crippen molar-refractivity contribution in [3.8, 4) is 0 Å². The minimum Gasteiger partial charge on any atom is -0.392 e. The summed E-state index contributed by atoms with van der Waals surface area (Å²) in [5, 5.41) is 12.2. The van der Waals surface area contributed by atoms with Crippen LogP contribution in [0.1, 0.15) is 23.6 Å². The lowest BCUT2D eigenvalue weighted by atomic mass is 9.97. The van der Waals surface area contributed by atoms with Crippen LogP contribution in [0.5, 0.6) is 0 Å². The van der Waals surface area contributed by atoms with Gasteiger partial charge in [-0.2, -0.15) is 0 Å². The van der Waals surface area contributed by atoms with E-state index in [1.54, 1.807) is 0 Å². The third-order valence-electron chi connectivity index (χ3n) is 2.47. The minimum absolute atomic E-state index is 0.0833. The normalized spacial score (nSPS) is 20.6. The van der Waals surface area contributed by atoms with Crippen LogP contribution >= 0.6 is 0 Å². The highest BCUT2D eigenvalue weighted by atomic mass is 16.3. The SMILES string of the molecule is N[C@H]1CCNc2ccc(CO)cc21. The first-order valence-corrected chi connectivity index (χ1v) is 4.54. The zero-order valence-corrected chi connectivity index (χ0v) is 7.46. The number of nitrogens with one attached hydrogen (secondary N) is 1. The molecular weight excluding hydrogens is 164 g/mol. The molecule has 0 amide bonds. The Hall–Kier alpha value is -1.06. The molecule has 1 aliphatic rings. The fourth-order valence-electron chi connectivity index (χ4n) is 1.70. The van der Waals surface area contributed by atoms with E-state index in [0.717, 1.165) is 29.8 Å². The molecule has 2 rings (SSSR count). The molecule has 0 spiro atoms. The predicted octanol–water partition coefficient (Wildman–Crippen LogP) is 0.994. The quantitative estimate of drug-likeness (QED) is 0.601. The Labute approximate surface area is 77.6 Å². The zero-order chi connectivity index (χ0) is 9.26. The van der Waals surface area contributed by atoms with Gasteiger partial charge in [-0.15, -0.1) is 0 Å². The molecule has 3 nitrogen and oxygen atoms in total. The van der Waals surface area contributed by atoms with Crippen molar-refractivity contribution in [3.05, 3.63) is 29.3 Å². The van der Waals surface area contributed by atoms with E-state index >= 15 is 0 Å². The maximum Gasteiger partial charge on any atom is 0.0682 e. The van der Waals surface area contributed by atoms with Crippen LogP contribution in [0.25, 0.3) is 0 Å². The van der Waals surface area contributed by atoms with Crippen molar-refractivity contribution >= 4 is 5.69 Å². The van der Waals surface area contributed by atoms with Crippen molar-refractivity contribution in [3.63, 3.8) is 0 Å². The lowest BCUT2D eigenvalue weighted by Gasteiger charge is -2.24. The van der Waals surface area contributed by atoms with Crippen LogP contribution in [0, 0.1) is 0 Å². The molecule has 1 heterocycles. The van der Waals surface area contributed by atoms with E-state index in [4.69, 9.17) is 10.8 Å². The van der Waals surface area contributed by atoms with Gasteiger partial charge in [-0.1, -0.05) is 6.07 Å². The van der Waals surface area contributed by atoms with Gasteiger partial charge in [-0.3, -0.25) is 0 Å². The second kappa shape index (κ2) is 3.36. The second-order valence-electron chi connectivity index (χ2n) is 3.40. The van der Waals surface area contributed by atoms with Crippen LogP contribution in [-0.2, 0) is 6.61 Å². The lowest BCUT2D eigenvalue weighted by molar-refractivity contribution is 0.281. The van der Waals surface area contributed by atoms with Gasteiger partial charge in [0, 0.05) is 18.3 Å². The summed E-state index contributed by atoms with van der Waals surface area (Å²) in [4.78, 5) is 0. The molecule has 0 radical (unpaired) electrons. The van der Waals surface area contributed by atoms with E-state index in [1.165, 1.54) is 0 Å². The van der Waals surface area contributed by atoms with Crippen molar-refractivity contribution < 1.29 is 5.11 Å². The molecule has 0 saturated heterocycles. The third-order valence-corrected chi connectivity index (χ3v) is 2.47. The average molecular weight is 178 g/mol. The number of aliphatic hydroxyl groups excluding tert-OH is 1. The Bertz CT molecular complexity index is 312. The van der Waals surface area contributed by atoms with Crippen molar-refractivity contribution in [2.45, 2.75) is 19.1 Å². The number of nitrogens with two attached hydrogens (primary N) is 1. The maximum atomic E-state index is 8.96. The molecular formula is C10H14N2O. The fraction of sp³-hybridized carbons (Fsp3) is 0.400. The number of rotatable bonds is 1. The summed E-state index contributed by atoms with van der Waals surface area (Å²) in [6.45, 7) is 1.02. The summed E-state index contributed by atoms with van der Waals surface area (Å²) in [7, 11) is 0. The maximum absolute atomic E-state index is 8.96. The minimum atomic E-state index is 0.0833. The van der Waals surface area contributed by atoms with E-state index < -0.39 is 0 Å². The molecule has 0 aliphatic carbocycles. The van der Waals surface area contributed by atoms with E-state index in [-0.39, 0.29) is 12.6 Å². The highest BCUT2D eigenvalue weighted by Gasteiger charge is 2.15. The topological polar surface area (TPSA) is 58.3 Å². The molecule has 0 fully saturated rings. The molecule has 13 heavy (non-hydrogen) atoms. The summed E-state index contributed by atoms with van der Waals surface area (Å²) in [5.41, 5.74) is 9.11. The Balaban J connectivity index is 2.41. The van der Waals surface area contributed by atoms with Gasteiger partial charge in [-0.05, 0) is 29.7 Å². The summed E-state index contributed by atoms with van der Waals surface area (Å²) in [5.74, 6) is 0. The molecule has 1 aromatic rings. The van der Waals surface area contributed by atoms with Gasteiger partial charge in [0.1, 0.15) is 0 Å². The molecule has 4 N–H and O–H groups in total. The van der Waals surface area contributed by atoms with Gasteiger partial charge in [0.2, 0.25) is 0 Å². The first-order chi connectivity index (χ1) is 6.31. The third kappa shape index (κ3) is 1.53. The summed E-state index contributed by atoms with van der Waals surface area (Å²) in [6.07, 6.45) is 0.960. The predicted molar refractivity (Wildman–Crippen MR) is 52.4 cm³/mol. The summed E-state index contributed by atoms with van der Waals surface area (Å²) in [6, 6.07) is 6.00. The molecule has 0 unspecified atom stereocenters. The molecule has 0 bridgehead atoms. The van der Waals surface area contributed by atoms with Crippen molar-refractivity contribution in [2.24, 2.45) is 5.73 Å². The molecule has 0 saturated carbocycles. The lowest BCUT2D eigenvalue weighted by Crippen LogP contribution is -2.22. The molecule has 1 atom stereocenters. The number of hydrogen-bond acceptors (Lipinski definition) is 3. The van der Waals surface area contributed by atoms with Crippen LogP contribution < -0.4 is 11.1 Å². The van der Waals surface area contributed by atoms with Crippen LogP contribution in [0.2, 0.25) is 0 Å². The highest BCUT2D eigenvalue weighted by Crippen LogP contribution is 2.28. The van der Waals surface area contributed by atoms with Crippen LogP contribution in [0.15, 0.2) is 18.2 Å². The Kier molecular flexibility index (Phi) is 2.20. The number of fused-ring (bicyclic) bond motifs is 1. The smallest absolute Gasteiger partial charge is 0.0682 e. The molecule has 1 aromatic carbocycles. The van der Waals surface area contributed by atoms with Gasteiger partial charge in [0.05, 0.1) is 6.61 Å². The number of anilines is 1. The van der Waals surface area contributed by atoms with E-state index in [1.807, 2.05) is 18.2 Å². The Morgan fingerprint density at radius 2 is 2.38 bits per heavy atom. The molecule has 1 aliphatic heterocycles. The number of benzene rings is 1. The summed E-state index contributed by atoms with van der Waals surface area (Å²) < 4.78 is 0. The van der Waals surface area contributed by atoms with Crippen LogP contribution in [0.3, 0.4) is 0 Å². The van der Waals surface area contributed by atoms with Gasteiger partial charge in [0.25, 0.3) is 0 Å². The Morgan fingerprint density at radius 3 is 3.15 bits per heavy atom. The van der Waals surface area contributed by atoms with E-state index in [2.05, 4.69) is 5.32 Å². The van der Waals surface area contributed by atoms with Gasteiger partial charge >= 0.3 is 0 Å². The Morgan fingerprint density at radius 1 is 1.54 bits per heavy atom. The summed E-state index contributed by atoms with van der Waals surface area (Å²) >= 11 is 0. The fourth-order valence-corrected chi connectivity index (χ4v) is 1.70. The standard InChI is InChI=1S/C10H14N2O/c11-9-3-4-12-10-2-1-7(6-13)5-8(9)10/h1-2,5,9,12-13H,3-4,6,11H2/t9-/m0/s1. The van der Waals surface area contributed by atoms with Gasteiger partial charge in [-0.25, -0.2) is 0 Å². The molecule has 70 valence electrons. The van der Waals surface area contributed by atoms with E-state index in [0.29, 0.717) is 0 Å². The van der Waals surface area contributed by atoms with Gasteiger partial charge < -0.3 is 16.2 Å². The van der Waals surface area contributed by atoms with Crippen molar-refractivity contribution in [1.82, 2.24) is 0 Å². The monoisotopic (exact) mass is 178 g/mol. The molecule has 3 heteroatoms. The van der Waals surface area contributed by atoms with Crippen LogP contribution in [0.4, 0.5) is 5.69 Å². The van der Waals surface area contributed by atoms with E-state index in [9.17, 15) is 0 Å². The first kappa shape index (κ1) is 8.53. The second-order valence-corrected chi connectivity index (χ2v) is 3.40. The largest absolute Gasteiger partial charge is 0.392 e. The first-order valence-electron chi connectivity index (χ1n) is 4.54. The van der Waals surface area contributed by atoms with Crippen LogP contribution in [-0.4, -0.2) is 11.7 Å². The molecule has 0 aromatic heterocycles. The highest BCUT2D eigenvalue weighted by molar-refractivity contribution is 5.55. The average Bonchev–Trinajstić information content (AvgIpc) is 2.18. The number of aliphatic hydroxyl groups is 1. The number of hydrogen-bond donors (Lipinski definition) is 3. The zero-order valence-electron chi connectivity index (χ0n) is 7.46.